The van der Waals surface area contributed by atoms with Crippen LogP contribution in [-0.2, 0) is 6.18 Å². The zero-order valence-corrected chi connectivity index (χ0v) is 22.1. The lowest BCUT2D eigenvalue weighted by Gasteiger charge is -2.19. The van der Waals surface area contributed by atoms with Crippen molar-refractivity contribution in [3.63, 3.8) is 0 Å². The molecule has 5 rings (SSSR count). The molecule has 0 saturated heterocycles. The molecule has 11 heteroatoms. The van der Waals surface area contributed by atoms with E-state index in [1.807, 2.05) is 60.1 Å². The van der Waals surface area contributed by atoms with Gasteiger partial charge in [-0.15, -0.1) is 0 Å². The largest absolute Gasteiger partial charge is 0.493 e. The quantitative estimate of drug-likeness (QED) is 0.254. The number of benzene rings is 2. The molecule has 3 N–H and O–H groups in total. The van der Waals surface area contributed by atoms with Crippen molar-refractivity contribution in [3.05, 3.63) is 71.8 Å². The van der Waals surface area contributed by atoms with E-state index in [1.165, 1.54) is 6.07 Å². The first-order chi connectivity index (χ1) is 18.4. The van der Waals surface area contributed by atoms with Crippen molar-refractivity contribution < 1.29 is 17.9 Å². The highest BCUT2D eigenvalue weighted by atomic mass is 19.4. The first-order valence-electron chi connectivity index (χ1n) is 12.2. The second-order valence-corrected chi connectivity index (χ2v) is 9.63. The Balaban J connectivity index is 1.57. The molecule has 1 unspecified atom stereocenters. The Morgan fingerprint density at radius 3 is 2.46 bits per heavy atom. The number of pyridine rings is 1. The van der Waals surface area contributed by atoms with E-state index >= 15 is 0 Å². The molecule has 0 saturated carbocycles. The van der Waals surface area contributed by atoms with Crippen LogP contribution in [0.25, 0.3) is 27.7 Å². The van der Waals surface area contributed by atoms with Gasteiger partial charge < -0.3 is 25.1 Å². The highest BCUT2D eigenvalue weighted by Gasteiger charge is 2.31. The van der Waals surface area contributed by atoms with Crippen LogP contribution in [0.1, 0.15) is 29.9 Å². The van der Waals surface area contributed by atoms with Crippen LogP contribution in [-0.4, -0.2) is 40.6 Å². The normalized spacial score (nSPS) is 12.6. The number of nitrogen functional groups attached to an aromatic ring is 1. The van der Waals surface area contributed by atoms with Gasteiger partial charge in [0.05, 0.1) is 30.4 Å². The summed E-state index contributed by atoms with van der Waals surface area (Å²) >= 11 is 0. The van der Waals surface area contributed by atoms with Gasteiger partial charge in [-0.2, -0.15) is 13.2 Å². The summed E-state index contributed by atoms with van der Waals surface area (Å²) in [6, 6.07) is 10.8. The van der Waals surface area contributed by atoms with Crippen LogP contribution in [0, 0.1) is 6.92 Å². The van der Waals surface area contributed by atoms with E-state index in [1.54, 1.807) is 21.0 Å². The Bertz CT molecular complexity index is 1700. The van der Waals surface area contributed by atoms with Crippen molar-refractivity contribution in [2.75, 3.05) is 37.2 Å². The molecule has 3 heterocycles. The number of anilines is 3. The van der Waals surface area contributed by atoms with Gasteiger partial charge in [0.15, 0.2) is 11.4 Å². The summed E-state index contributed by atoms with van der Waals surface area (Å²) in [6.45, 7) is 3.54. The van der Waals surface area contributed by atoms with Crippen LogP contribution >= 0.6 is 0 Å². The number of halogens is 3. The maximum absolute atomic E-state index is 13.4. The number of methoxy groups -OCH3 is 1. The summed E-state index contributed by atoms with van der Waals surface area (Å²) in [6.07, 6.45) is -0.610. The monoisotopic (exact) mass is 535 g/mol. The van der Waals surface area contributed by atoms with Crippen LogP contribution in [0.4, 0.5) is 30.5 Å². The number of alkyl halides is 3. The molecule has 0 aliphatic carbocycles. The van der Waals surface area contributed by atoms with Crippen molar-refractivity contribution >= 4 is 33.9 Å². The van der Waals surface area contributed by atoms with Gasteiger partial charge in [-0.3, -0.25) is 0 Å². The highest BCUT2D eigenvalue weighted by molar-refractivity contribution is 5.93. The zero-order valence-electron chi connectivity index (χ0n) is 22.1. The van der Waals surface area contributed by atoms with Gasteiger partial charge in [0.2, 0.25) is 0 Å². The zero-order chi connectivity index (χ0) is 28.1. The number of nitrogens with two attached hydrogens (primary N) is 1. The van der Waals surface area contributed by atoms with Crippen LogP contribution in [0.15, 0.2) is 54.9 Å². The maximum atomic E-state index is 13.4. The fraction of sp³-hybridized carbons (Fsp3) is 0.250. The summed E-state index contributed by atoms with van der Waals surface area (Å²) in [5, 5.41) is 4.00. The summed E-state index contributed by atoms with van der Waals surface area (Å²) in [4.78, 5) is 15.7. The first-order valence-corrected chi connectivity index (χ1v) is 12.2. The Morgan fingerprint density at radius 2 is 1.77 bits per heavy atom. The number of nitrogens with one attached hydrogen (secondary N) is 1. The van der Waals surface area contributed by atoms with E-state index in [2.05, 4.69) is 20.3 Å². The van der Waals surface area contributed by atoms with Gasteiger partial charge in [-0.1, -0.05) is 6.07 Å². The summed E-state index contributed by atoms with van der Waals surface area (Å²) in [5.74, 6) is 2.46. The molecular weight excluding hydrogens is 507 g/mol. The van der Waals surface area contributed by atoms with Gasteiger partial charge in [0.1, 0.15) is 17.5 Å². The number of imidazole rings is 1. The first kappa shape index (κ1) is 26.1. The molecule has 0 aliphatic heterocycles. The fourth-order valence-corrected chi connectivity index (χ4v) is 4.49. The van der Waals surface area contributed by atoms with E-state index in [0.717, 1.165) is 34.5 Å². The molecule has 0 fully saturated rings. The molecule has 2 aromatic carbocycles. The average Bonchev–Trinajstić information content (AvgIpc) is 3.32. The minimum atomic E-state index is -4.50. The number of aromatic nitrogens is 4. The lowest BCUT2D eigenvalue weighted by molar-refractivity contribution is -0.137. The van der Waals surface area contributed by atoms with Crippen LogP contribution < -0.4 is 20.7 Å². The number of rotatable bonds is 6. The predicted molar refractivity (Wildman–Crippen MR) is 147 cm³/mol. The standard InChI is InChI=1S/C28H28F3N7O/c1-15(18-8-20(28(29,30)31)12-21(32)9-18)33-26-22-10-17(6-7-23(22)34-16(2)35-26)19-11-24(39-5)27-36-25(37(3)4)14-38(27)13-19/h6-15H,32H2,1-5H3,(H,33,34,35). The third-order valence-electron chi connectivity index (χ3n) is 6.48. The van der Waals surface area contributed by atoms with Crippen molar-refractivity contribution in [2.45, 2.75) is 26.1 Å². The molecule has 0 radical (unpaired) electrons. The van der Waals surface area contributed by atoms with E-state index in [-0.39, 0.29) is 5.69 Å². The van der Waals surface area contributed by atoms with E-state index in [4.69, 9.17) is 10.5 Å². The topological polar surface area (TPSA) is 93.6 Å². The van der Waals surface area contributed by atoms with Crippen molar-refractivity contribution in [1.82, 2.24) is 19.4 Å². The number of ether oxygens (including phenoxy) is 1. The fourth-order valence-electron chi connectivity index (χ4n) is 4.49. The van der Waals surface area contributed by atoms with E-state index in [9.17, 15) is 13.2 Å². The molecule has 0 spiro atoms. The maximum Gasteiger partial charge on any atom is 0.416 e. The molecule has 0 bridgehead atoms. The molecule has 39 heavy (non-hydrogen) atoms. The molecule has 0 aliphatic rings. The van der Waals surface area contributed by atoms with Gasteiger partial charge in [0, 0.05) is 36.9 Å². The SMILES string of the molecule is COc1cc(-c2ccc3nc(C)nc(NC(C)c4cc(N)cc(C(F)(F)F)c4)c3c2)cn2cc(N(C)C)nc12. The molecule has 202 valence electrons. The smallest absolute Gasteiger partial charge is 0.416 e. The molecule has 5 aromatic rings. The van der Waals surface area contributed by atoms with Gasteiger partial charge in [0.25, 0.3) is 0 Å². The number of hydrogen-bond acceptors (Lipinski definition) is 7. The van der Waals surface area contributed by atoms with Gasteiger partial charge in [-0.25, -0.2) is 15.0 Å². The molecule has 0 amide bonds. The van der Waals surface area contributed by atoms with Crippen molar-refractivity contribution in [1.29, 1.82) is 0 Å². The highest BCUT2D eigenvalue weighted by Crippen LogP contribution is 2.35. The molecule has 8 nitrogen and oxygen atoms in total. The molecular formula is C28H28F3N7O. The Hall–Kier alpha value is -4.54. The average molecular weight is 536 g/mol. The number of fused-ring (bicyclic) bond motifs is 2. The summed E-state index contributed by atoms with van der Waals surface area (Å²) in [5.41, 5.74) is 8.61. The van der Waals surface area contributed by atoms with Crippen molar-refractivity contribution in [2.24, 2.45) is 0 Å². The second kappa shape index (κ2) is 9.64. The van der Waals surface area contributed by atoms with Crippen LogP contribution in [0.2, 0.25) is 0 Å². The lowest BCUT2D eigenvalue weighted by Crippen LogP contribution is -2.12. The predicted octanol–water partition coefficient (Wildman–Crippen LogP) is 6.10. The van der Waals surface area contributed by atoms with Gasteiger partial charge in [-0.05, 0) is 61.4 Å². The number of aryl methyl sites for hydroxylation is 1. The summed E-state index contributed by atoms with van der Waals surface area (Å²) in [7, 11) is 5.44. The number of hydrogen-bond donors (Lipinski definition) is 2. The molecule has 3 aromatic heterocycles. The third kappa shape index (κ3) is 5.12. The number of nitrogens with zero attached hydrogens (tertiary/aromatic N) is 5. The Labute approximate surface area is 223 Å². The Morgan fingerprint density at radius 1 is 1.00 bits per heavy atom. The van der Waals surface area contributed by atoms with Crippen LogP contribution in [0.5, 0.6) is 5.75 Å². The summed E-state index contributed by atoms with van der Waals surface area (Å²) < 4.78 is 47.7. The minimum Gasteiger partial charge on any atom is -0.493 e. The van der Waals surface area contributed by atoms with E-state index in [0.29, 0.717) is 34.1 Å². The van der Waals surface area contributed by atoms with E-state index < -0.39 is 17.8 Å². The molecule has 1 atom stereocenters. The van der Waals surface area contributed by atoms with Crippen LogP contribution in [0.3, 0.4) is 0 Å². The third-order valence-corrected chi connectivity index (χ3v) is 6.48. The minimum absolute atomic E-state index is 0.0424. The van der Waals surface area contributed by atoms with Crippen molar-refractivity contribution in [3.8, 4) is 16.9 Å². The van der Waals surface area contributed by atoms with Gasteiger partial charge >= 0.3 is 6.18 Å². The Kier molecular flexibility index (Phi) is 6.45. The lowest BCUT2D eigenvalue weighted by atomic mass is 10.0. The second-order valence-electron chi connectivity index (χ2n) is 9.63.